The molecule has 0 radical (unpaired) electrons. The van der Waals surface area contributed by atoms with Crippen molar-refractivity contribution in [3.8, 4) is 6.07 Å². The molecule has 138 valence electrons. The Morgan fingerprint density at radius 1 is 1.04 bits per heavy atom. The number of guanidine groups is 1. The van der Waals surface area contributed by atoms with Gasteiger partial charge in [0.15, 0.2) is 5.96 Å². The number of rotatable bonds is 5. The largest absolute Gasteiger partial charge is 0.357 e. The third-order valence-electron chi connectivity index (χ3n) is 3.38. The van der Waals surface area contributed by atoms with E-state index >= 15 is 0 Å². The molecule has 2 N–H and O–H groups in total. The monoisotopic (exact) mass is 474 g/mol. The van der Waals surface area contributed by atoms with E-state index in [-0.39, 0.29) is 42.6 Å². The molecule has 0 saturated heterocycles. The highest BCUT2D eigenvalue weighted by atomic mass is 127. The molecule has 8 heteroatoms. The number of nitrogens with zero attached hydrogens (tertiary/aromatic N) is 2. The highest BCUT2D eigenvalue weighted by Gasteiger charge is 2.07. The van der Waals surface area contributed by atoms with E-state index in [1.807, 2.05) is 13.0 Å². The number of halogens is 4. The van der Waals surface area contributed by atoms with Gasteiger partial charge in [-0.25, -0.2) is 18.2 Å². The Hall–Kier alpha value is -2.28. The SMILES string of the molecule is CCNC(=NCc1cc(F)ccc1F)NCc1cc(C#N)ccc1F.I. The second-order valence-corrected chi connectivity index (χ2v) is 5.20. The Bertz CT molecular complexity index is 819. The summed E-state index contributed by atoms with van der Waals surface area (Å²) in [5.74, 6) is -1.21. The summed E-state index contributed by atoms with van der Waals surface area (Å²) in [6.45, 7) is 2.41. The summed E-state index contributed by atoms with van der Waals surface area (Å²) in [6, 6.07) is 9.17. The maximum atomic E-state index is 13.8. The molecule has 0 aliphatic heterocycles. The predicted octanol–water partition coefficient (Wildman–Crippen LogP) is 3.85. The first-order valence-electron chi connectivity index (χ1n) is 7.68. The lowest BCUT2D eigenvalue weighted by Crippen LogP contribution is -2.37. The van der Waals surface area contributed by atoms with Crippen LogP contribution in [0.3, 0.4) is 0 Å². The van der Waals surface area contributed by atoms with Crippen LogP contribution in [0.1, 0.15) is 23.6 Å². The Kier molecular flexibility index (Phi) is 8.92. The van der Waals surface area contributed by atoms with Crippen molar-refractivity contribution in [3.05, 3.63) is 70.5 Å². The zero-order valence-corrected chi connectivity index (χ0v) is 16.4. The van der Waals surface area contributed by atoms with E-state index in [1.165, 1.54) is 18.2 Å². The number of aliphatic imine (C=N–C) groups is 1. The molecule has 0 bridgehead atoms. The fourth-order valence-corrected chi connectivity index (χ4v) is 2.13. The van der Waals surface area contributed by atoms with E-state index in [9.17, 15) is 13.2 Å². The number of nitriles is 1. The van der Waals surface area contributed by atoms with Gasteiger partial charge in [0, 0.05) is 24.2 Å². The molecule has 0 aliphatic carbocycles. The van der Waals surface area contributed by atoms with Gasteiger partial charge >= 0.3 is 0 Å². The molecule has 2 aromatic rings. The minimum atomic E-state index is -0.547. The molecule has 4 nitrogen and oxygen atoms in total. The molecule has 0 unspecified atom stereocenters. The number of nitrogens with one attached hydrogen (secondary N) is 2. The zero-order valence-electron chi connectivity index (χ0n) is 14.0. The quantitative estimate of drug-likeness (QED) is 0.394. The van der Waals surface area contributed by atoms with Gasteiger partial charge < -0.3 is 10.6 Å². The highest BCUT2D eigenvalue weighted by molar-refractivity contribution is 14.0. The molecule has 0 heterocycles. The topological polar surface area (TPSA) is 60.2 Å². The van der Waals surface area contributed by atoms with Crippen LogP contribution in [0.15, 0.2) is 41.4 Å². The van der Waals surface area contributed by atoms with Crippen LogP contribution in [0.4, 0.5) is 13.2 Å². The Balaban J connectivity index is 0.00000338. The summed E-state index contributed by atoms with van der Waals surface area (Å²) in [5.41, 5.74) is 0.776. The maximum Gasteiger partial charge on any atom is 0.191 e. The van der Waals surface area contributed by atoms with E-state index in [1.54, 1.807) is 0 Å². The Morgan fingerprint density at radius 3 is 2.42 bits per heavy atom. The van der Waals surface area contributed by atoms with Crippen LogP contribution in [0.5, 0.6) is 0 Å². The van der Waals surface area contributed by atoms with Gasteiger partial charge in [-0.15, -0.1) is 24.0 Å². The maximum absolute atomic E-state index is 13.8. The molecule has 26 heavy (non-hydrogen) atoms. The van der Waals surface area contributed by atoms with Crippen molar-refractivity contribution in [2.45, 2.75) is 20.0 Å². The minimum absolute atomic E-state index is 0. The van der Waals surface area contributed by atoms with Crippen LogP contribution in [0.25, 0.3) is 0 Å². The van der Waals surface area contributed by atoms with Crippen molar-refractivity contribution in [3.63, 3.8) is 0 Å². The van der Waals surface area contributed by atoms with Gasteiger partial charge in [0.05, 0.1) is 18.2 Å². The van der Waals surface area contributed by atoms with Gasteiger partial charge in [0.2, 0.25) is 0 Å². The summed E-state index contributed by atoms with van der Waals surface area (Å²) in [7, 11) is 0. The van der Waals surface area contributed by atoms with Gasteiger partial charge in [-0.3, -0.25) is 0 Å². The van der Waals surface area contributed by atoms with Crippen molar-refractivity contribution < 1.29 is 13.2 Å². The average molecular weight is 474 g/mol. The van der Waals surface area contributed by atoms with Crippen LogP contribution >= 0.6 is 24.0 Å². The Morgan fingerprint density at radius 2 is 1.73 bits per heavy atom. The molecule has 0 atom stereocenters. The third-order valence-corrected chi connectivity index (χ3v) is 3.38. The van der Waals surface area contributed by atoms with E-state index in [0.717, 1.165) is 18.2 Å². The molecule has 0 amide bonds. The normalized spacial score (nSPS) is 10.7. The van der Waals surface area contributed by atoms with Crippen LogP contribution < -0.4 is 10.6 Å². The van der Waals surface area contributed by atoms with E-state index in [2.05, 4.69) is 15.6 Å². The van der Waals surface area contributed by atoms with Gasteiger partial charge in [-0.2, -0.15) is 5.26 Å². The summed E-state index contributed by atoms with van der Waals surface area (Å²) < 4.78 is 40.6. The minimum Gasteiger partial charge on any atom is -0.357 e. The van der Waals surface area contributed by atoms with Crippen molar-refractivity contribution in [1.29, 1.82) is 5.26 Å². The van der Waals surface area contributed by atoms with E-state index in [4.69, 9.17) is 5.26 Å². The third kappa shape index (κ3) is 6.22. The summed E-state index contributed by atoms with van der Waals surface area (Å²) in [4.78, 5) is 4.17. The molecule has 0 saturated carbocycles. The standard InChI is InChI=1S/C18H17F3N4.HI/c1-2-23-18(25-11-14-8-15(19)4-6-17(14)21)24-10-13-7-12(9-22)3-5-16(13)20;/h3-8H,2,10-11H2,1H3,(H2,23,24,25);1H. The van der Waals surface area contributed by atoms with Gasteiger partial charge in [0.1, 0.15) is 17.5 Å². The molecular weight excluding hydrogens is 456 g/mol. The molecule has 0 fully saturated rings. The fraction of sp³-hybridized carbons (Fsp3) is 0.222. The molecular formula is C18H18F3IN4. The number of benzene rings is 2. The lowest BCUT2D eigenvalue weighted by Gasteiger charge is -2.12. The summed E-state index contributed by atoms with van der Waals surface area (Å²) >= 11 is 0. The van der Waals surface area contributed by atoms with Gasteiger partial charge in [-0.1, -0.05) is 0 Å². The molecule has 2 aromatic carbocycles. The fourth-order valence-electron chi connectivity index (χ4n) is 2.13. The molecule has 0 spiro atoms. The van der Waals surface area contributed by atoms with Crippen molar-refractivity contribution in [2.75, 3.05) is 6.54 Å². The van der Waals surface area contributed by atoms with Crippen LogP contribution in [-0.2, 0) is 13.1 Å². The lowest BCUT2D eigenvalue weighted by atomic mass is 10.1. The average Bonchev–Trinajstić information content (AvgIpc) is 2.61. The predicted molar refractivity (Wildman–Crippen MR) is 105 cm³/mol. The van der Waals surface area contributed by atoms with Crippen molar-refractivity contribution in [1.82, 2.24) is 10.6 Å². The first kappa shape index (κ1) is 21.8. The van der Waals surface area contributed by atoms with E-state index in [0.29, 0.717) is 23.6 Å². The lowest BCUT2D eigenvalue weighted by molar-refractivity contribution is 0.585. The summed E-state index contributed by atoms with van der Waals surface area (Å²) in [5, 5.41) is 14.7. The molecule has 0 aromatic heterocycles. The molecule has 0 aliphatic rings. The first-order valence-corrected chi connectivity index (χ1v) is 7.68. The Labute approximate surface area is 167 Å². The van der Waals surface area contributed by atoms with Crippen LogP contribution in [0.2, 0.25) is 0 Å². The van der Waals surface area contributed by atoms with E-state index < -0.39 is 17.5 Å². The van der Waals surface area contributed by atoms with Crippen LogP contribution in [0, 0.1) is 28.8 Å². The number of hydrogen-bond acceptors (Lipinski definition) is 2. The van der Waals surface area contributed by atoms with Gasteiger partial charge in [-0.05, 0) is 43.3 Å². The number of hydrogen-bond donors (Lipinski definition) is 2. The second-order valence-electron chi connectivity index (χ2n) is 5.20. The second kappa shape index (κ2) is 10.7. The molecule has 2 rings (SSSR count). The zero-order chi connectivity index (χ0) is 18.2. The van der Waals surface area contributed by atoms with Gasteiger partial charge in [0.25, 0.3) is 0 Å². The highest BCUT2D eigenvalue weighted by Crippen LogP contribution is 2.11. The smallest absolute Gasteiger partial charge is 0.191 e. The van der Waals surface area contributed by atoms with Crippen molar-refractivity contribution >= 4 is 29.9 Å². The summed E-state index contributed by atoms with van der Waals surface area (Å²) in [6.07, 6.45) is 0. The van der Waals surface area contributed by atoms with Crippen LogP contribution in [-0.4, -0.2) is 12.5 Å². The first-order chi connectivity index (χ1) is 12.0. The van der Waals surface area contributed by atoms with Crippen molar-refractivity contribution in [2.24, 2.45) is 4.99 Å².